The zero-order valence-corrected chi connectivity index (χ0v) is 12.2. The molecule has 0 saturated carbocycles. The molecule has 0 unspecified atom stereocenters. The van der Waals surface area contributed by atoms with Gasteiger partial charge in [-0.3, -0.25) is 5.10 Å². The molecule has 1 heterocycles. The molecule has 1 atom stereocenters. The van der Waals surface area contributed by atoms with Gasteiger partial charge < -0.3 is 15.3 Å². The molecule has 0 fully saturated rings. The van der Waals surface area contributed by atoms with Crippen molar-refractivity contribution in [3.05, 3.63) is 36.5 Å². The second-order valence-corrected chi connectivity index (χ2v) is 5.04. The molecule has 0 aliphatic carbocycles. The fourth-order valence-electron chi connectivity index (χ4n) is 1.85. The summed E-state index contributed by atoms with van der Waals surface area (Å²) in [7, 11) is 1.71. The largest absolute Gasteiger partial charge is 0.393 e. The van der Waals surface area contributed by atoms with Crippen molar-refractivity contribution in [1.29, 1.82) is 0 Å². The Hall–Kier alpha value is -2.34. The maximum atomic E-state index is 12.0. The lowest BCUT2D eigenvalue weighted by Gasteiger charge is -2.18. The molecule has 1 aromatic heterocycles. The van der Waals surface area contributed by atoms with E-state index in [0.717, 1.165) is 16.9 Å². The molecule has 21 heavy (non-hydrogen) atoms. The summed E-state index contributed by atoms with van der Waals surface area (Å²) in [6, 6.07) is 9.22. The quantitative estimate of drug-likeness (QED) is 0.789. The number of aliphatic hydroxyl groups excluding tert-OH is 1. The standard InChI is InChI=1S/C15H20N4O2/c1-11(20)8-10-19(2)15(21)17-13-5-3-12(4-6-13)14-7-9-16-18-14/h3-7,9,11,20H,8,10H2,1-2H3,(H,16,18)(H,17,21)/t11-/m1/s1. The Balaban J connectivity index is 1.92. The maximum Gasteiger partial charge on any atom is 0.321 e. The monoisotopic (exact) mass is 288 g/mol. The summed E-state index contributed by atoms with van der Waals surface area (Å²) >= 11 is 0. The zero-order valence-electron chi connectivity index (χ0n) is 12.2. The number of nitrogens with one attached hydrogen (secondary N) is 2. The van der Waals surface area contributed by atoms with Crippen LogP contribution in [0.3, 0.4) is 0 Å². The van der Waals surface area contributed by atoms with Crippen LogP contribution in [0.2, 0.25) is 0 Å². The average Bonchev–Trinajstić information content (AvgIpc) is 2.99. The molecule has 1 aromatic carbocycles. The van der Waals surface area contributed by atoms with Crippen molar-refractivity contribution < 1.29 is 9.90 Å². The van der Waals surface area contributed by atoms with Gasteiger partial charge >= 0.3 is 6.03 Å². The number of anilines is 1. The Kier molecular flexibility index (Phi) is 4.94. The molecule has 6 heteroatoms. The SMILES string of the molecule is C[C@@H](O)CCN(C)C(=O)Nc1ccc(-c2ccn[nH]2)cc1. The van der Waals surface area contributed by atoms with Gasteiger partial charge in [-0.15, -0.1) is 0 Å². The highest BCUT2D eigenvalue weighted by Crippen LogP contribution is 2.19. The lowest BCUT2D eigenvalue weighted by molar-refractivity contribution is 0.167. The van der Waals surface area contributed by atoms with Crippen LogP contribution in [0.15, 0.2) is 36.5 Å². The summed E-state index contributed by atoms with van der Waals surface area (Å²) in [5.41, 5.74) is 2.67. The first-order chi connectivity index (χ1) is 10.1. The van der Waals surface area contributed by atoms with E-state index in [2.05, 4.69) is 15.5 Å². The number of hydrogen-bond donors (Lipinski definition) is 3. The van der Waals surface area contributed by atoms with E-state index in [9.17, 15) is 9.90 Å². The molecule has 0 aliphatic rings. The Bertz CT molecular complexity index is 564. The average molecular weight is 288 g/mol. The second-order valence-electron chi connectivity index (χ2n) is 5.04. The first-order valence-corrected chi connectivity index (χ1v) is 6.86. The smallest absolute Gasteiger partial charge is 0.321 e. The number of aromatic amines is 1. The molecule has 2 rings (SSSR count). The highest BCUT2D eigenvalue weighted by atomic mass is 16.3. The number of H-pyrrole nitrogens is 1. The summed E-state index contributed by atoms with van der Waals surface area (Å²) in [4.78, 5) is 13.5. The number of urea groups is 1. The number of amides is 2. The number of carbonyl (C=O) groups is 1. The molecule has 0 spiro atoms. The van der Waals surface area contributed by atoms with Crippen LogP contribution in [-0.4, -0.2) is 45.9 Å². The Morgan fingerprint density at radius 3 is 2.67 bits per heavy atom. The minimum atomic E-state index is -0.408. The van der Waals surface area contributed by atoms with Crippen LogP contribution >= 0.6 is 0 Å². The summed E-state index contributed by atoms with van der Waals surface area (Å²) < 4.78 is 0. The number of carbonyl (C=O) groups excluding carboxylic acids is 1. The van der Waals surface area contributed by atoms with Crippen LogP contribution in [0.1, 0.15) is 13.3 Å². The Labute approximate surface area is 123 Å². The minimum Gasteiger partial charge on any atom is -0.393 e. The number of nitrogens with zero attached hydrogens (tertiary/aromatic N) is 2. The molecule has 0 aliphatic heterocycles. The third-order valence-corrected chi connectivity index (χ3v) is 3.18. The summed E-state index contributed by atoms with van der Waals surface area (Å²) in [5.74, 6) is 0. The van der Waals surface area contributed by atoms with Gasteiger partial charge in [0.2, 0.25) is 0 Å². The highest BCUT2D eigenvalue weighted by Gasteiger charge is 2.09. The van der Waals surface area contributed by atoms with Crippen LogP contribution in [0.5, 0.6) is 0 Å². The number of rotatable bonds is 5. The van der Waals surface area contributed by atoms with Crippen molar-refractivity contribution >= 4 is 11.7 Å². The van der Waals surface area contributed by atoms with E-state index in [4.69, 9.17) is 0 Å². The molecule has 6 nitrogen and oxygen atoms in total. The predicted molar refractivity (Wildman–Crippen MR) is 82.0 cm³/mol. The zero-order chi connectivity index (χ0) is 15.2. The van der Waals surface area contributed by atoms with Crippen molar-refractivity contribution in [2.75, 3.05) is 18.9 Å². The fourth-order valence-corrected chi connectivity index (χ4v) is 1.85. The van der Waals surface area contributed by atoms with Crippen LogP contribution in [0.4, 0.5) is 10.5 Å². The molecule has 0 saturated heterocycles. The first-order valence-electron chi connectivity index (χ1n) is 6.86. The third-order valence-electron chi connectivity index (χ3n) is 3.18. The van der Waals surface area contributed by atoms with Crippen LogP contribution in [-0.2, 0) is 0 Å². The number of aromatic nitrogens is 2. The van der Waals surface area contributed by atoms with Gasteiger partial charge in [0, 0.05) is 25.5 Å². The van der Waals surface area contributed by atoms with Gasteiger partial charge in [-0.05, 0) is 37.1 Å². The number of aliphatic hydroxyl groups is 1. The predicted octanol–water partition coefficient (Wildman–Crippen LogP) is 2.31. The van der Waals surface area contributed by atoms with Gasteiger partial charge in [0.05, 0.1) is 11.8 Å². The fraction of sp³-hybridized carbons (Fsp3) is 0.333. The molecule has 3 N–H and O–H groups in total. The van der Waals surface area contributed by atoms with E-state index in [1.165, 1.54) is 0 Å². The lowest BCUT2D eigenvalue weighted by Crippen LogP contribution is -2.33. The normalized spacial score (nSPS) is 12.0. The van der Waals surface area contributed by atoms with Crippen molar-refractivity contribution in [3.8, 4) is 11.3 Å². The van der Waals surface area contributed by atoms with Crippen LogP contribution in [0, 0.1) is 0 Å². The molecule has 0 radical (unpaired) electrons. The maximum absolute atomic E-state index is 12.0. The Morgan fingerprint density at radius 1 is 1.38 bits per heavy atom. The first kappa shape index (κ1) is 15.1. The van der Waals surface area contributed by atoms with Gasteiger partial charge in [0.25, 0.3) is 0 Å². The lowest BCUT2D eigenvalue weighted by atomic mass is 10.1. The van der Waals surface area contributed by atoms with E-state index < -0.39 is 6.10 Å². The number of hydrogen-bond acceptors (Lipinski definition) is 3. The molecule has 2 aromatic rings. The van der Waals surface area contributed by atoms with E-state index in [0.29, 0.717) is 13.0 Å². The Morgan fingerprint density at radius 2 is 2.10 bits per heavy atom. The summed E-state index contributed by atoms with van der Waals surface area (Å²) in [5, 5.41) is 18.8. The van der Waals surface area contributed by atoms with Crippen molar-refractivity contribution in [2.24, 2.45) is 0 Å². The van der Waals surface area contributed by atoms with Crippen molar-refractivity contribution in [2.45, 2.75) is 19.4 Å². The van der Waals surface area contributed by atoms with Gasteiger partial charge in [-0.1, -0.05) is 12.1 Å². The van der Waals surface area contributed by atoms with Gasteiger partial charge in [0.15, 0.2) is 0 Å². The van der Waals surface area contributed by atoms with Crippen LogP contribution < -0.4 is 5.32 Å². The van der Waals surface area contributed by atoms with E-state index in [1.807, 2.05) is 30.3 Å². The van der Waals surface area contributed by atoms with Crippen LogP contribution in [0.25, 0.3) is 11.3 Å². The number of benzene rings is 1. The molecular formula is C15H20N4O2. The highest BCUT2D eigenvalue weighted by molar-refractivity contribution is 5.89. The molecule has 0 bridgehead atoms. The summed E-state index contributed by atoms with van der Waals surface area (Å²) in [6.45, 7) is 2.22. The van der Waals surface area contributed by atoms with Gasteiger partial charge in [0.1, 0.15) is 0 Å². The third kappa shape index (κ3) is 4.32. The molecule has 112 valence electrons. The topological polar surface area (TPSA) is 81.2 Å². The van der Waals surface area contributed by atoms with E-state index >= 15 is 0 Å². The second kappa shape index (κ2) is 6.90. The van der Waals surface area contributed by atoms with E-state index in [1.54, 1.807) is 25.1 Å². The molecule has 2 amide bonds. The summed E-state index contributed by atoms with van der Waals surface area (Å²) in [6.07, 6.45) is 1.85. The molecular weight excluding hydrogens is 268 g/mol. The van der Waals surface area contributed by atoms with Crippen molar-refractivity contribution in [3.63, 3.8) is 0 Å². The van der Waals surface area contributed by atoms with Gasteiger partial charge in [-0.25, -0.2) is 4.79 Å². The van der Waals surface area contributed by atoms with E-state index in [-0.39, 0.29) is 6.03 Å². The van der Waals surface area contributed by atoms with Crippen molar-refractivity contribution in [1.82, 2.24) is 15.1 Å². The van der Waals surface area contributed by atoms with Gasteiger partial charge in [-0.2, -0.15) is 5.10 Å². The minimum absolute atomic E-state index is 0.190.